The third-order valence-corrected chi connectivity index (χ3v) is 4.77. The molecule has 1 atom stereocenters. The average Bonchev–Trinajstić information content (AvgIpc) is 3.15. The summed E-state index contributed by atoms with van der Waals surface area (Å²) in [5, 5.41) is 11.2. The Balaban J connectivity index is 2.06. The summed E-state index contributed by atoms with van der Waals surface area (Å²) < 4.78 is 11.9. The Labute approximate surface area is 132 Å². The van der Waals surface area contributed by atoms with E-state index >= 15 is 0 Å². The average molecular weight is 303 g/mol. The maximum atomic E-state index is 11.2. The fourth-order valence-electron chi connectivity index (χ4n) is 3.50. The van der Waals surface area contributed by atoms with Gasteiger partial charge in [0.15, 0.2) is 5.79 Å². The molecule has 1 N–H and O–H groups in total. The van der Waals surface area contributed by atoms with Gasteiger partial charge in [0.2, 0.25) is 0 Å². The van der Waals surface area contributed by atoms with Crippen molar-refractivity contribution in [2.24, 2.45) is 0 Å². The van der Waals surface area contributed by atoms with Gasteiger partial charge in [-0.3, -0.25) is 0 Å². The lowest BCUT2D eigenvalue weighted by molar-refractivity contribution is -0.169. The Bertz CT molecular complexity index is 575. The first-order valence-electron chi connectivity index (χ1n) is 8.00. The van der Waals surface area contributed by atoms with E-state index in [1.54, 1.807) is 0 Å². The largest absolute Gasteiger partial charge is 0.381 e. The van der Waals surface area contributed by atoms with E-state index in [0.717, 1.165) is 29.7 Å². The molecule has 120 valence electrons. The van der Waals surface area contributed by atoms with Crippen LogP contribution in [0.5, 0.6) is 0 Å². The zero-order chi connectivity index (χ0) is 15.8. The van der Waals surface area contributed by atoms with E-state index in [1.807, 2.05) is 44.4 Å². The highest BCUT2D eigenvalue weighted by Crippen LogP contribution is 2.44. The molecule has 0 saturated carbocycles. The lowest BCUT2D eigenvalue weighted by atomic mass is 9.85. The van der Waals surface area contributed by atoms with E-state index in [-0.39, 0.29) is 0 Å². The fraction of sp³-hybridized carbons (Fsp3) is 0.556. The summed E-state index contributed by atoms with van der Waals surface area (Å²) in [6, 6.07) is 7.96. The summed E-state index contributed by atoms with van der Waals surface area (Å²) in [6.45, 7) is 3.25. The lowest BCUT2D eigenvalue weighted by Gasteiger charge is -2.33. The molecule has 1 saturated heterocycles. The van der Waals surface area contributed by atoms with Crippen molar-refractivity contribution in [3.8, 4) is 0 Å². The molecule has 2 aliphatic rings. The molecule has 4 nitrogen and oxygen atoms in total. The summed E-state index contributed by atoms with van der Waals surface area (Å²) in [4.78, 5) is 2.07. The molecule has 0 bridgehead atoms. The molecule has 0 radical (unpaired) electrons. The van der Waals surface area contributed by atoms with Crippen molar-refractivity contribution in [3.63, 3.8) is 0 Å². The minimum atomic E-state index is -0.951. The Kier molecular flexibility index (Phi) is 4.02. The third kappa shape index (κ3) is 2.45. The molecule has 1 aromatic rings. The molecule has 0 spiro atoms. The predicted molar refractivity (Wildman–Crippen MR) is 85.2 cm³/mol. The van der Waals surface area contributed by atoms with Gasteiger partial charge >= 0.3 is 0 Å². The predicted octanol–water partition coefficient (Wildman–Crippen LogP) is 2.72. The Morgan fingerprint density at radius 2 is 1.77 bits per heavy atom. The van der Waals surface area contributed by atoms with Gasteiger partial charge < -0.3 is 19.5 Å². The zero-order valence-corrected chi connectivity index (χ0v) is 13.6. The fourth-order valence-corrected chi connectivity index (χ4v) is 3.50. The van der Waals surface area contributed by atoms with E-state index in [2.05, 4.69) is 11.8 Å². The normalized spacial score (nSPS) is 27.0. The second-order valence-electron chi connectivity index (χ2n) is 6.30. The van der Waals surface area contributed by atoms with Crippen molar-refractivity contribution < 1.29 is 14.6 Å². The van der Waals surface area contributed by atoms with Gasteiger partial charge in [-0.1, -0.05) is 31.2 Å². The number of aliphatic hydroxyl groups is 1. The summed E-state index contributed by atoms with van der Waals surface area (Å²) >= 11 is 0. The molecule has 1 heterocycles. The number of benzene rings is 1. The first-order chi connectivity index (χ1) is 10.5. The van der Waals surface area contributed by atoms with Crippen LogP contribution in [-0.4, -0.2) is 37.3 Å². The Morgan fingerprint density at radius 1 is 1.14 bits per heavy atom. The van der Waals surface area contributed by atoms with Crippen LogP contribution in [-0.2, 0) is 20.9 Å². The number of ether oxygens (including phenoxy) is 2. The van der Waals surface area contributed by atoms with Gasteiger partial charge in [0.05, 0.1) is 13.2 Å². The minimum Gasteiger partial charge on any atom is -0.381 e. The molecule has 0 amide bonds. The van der Waals surface area contributed by atoms with Crippen LogP contribution < -0.4 is 0 Å². The van der Waals surface area contributed by atoms with Crippen LogP contribution in [0.1, 0.15) is 37.3 Å². The highest BCUT2D eigenvalue weighted by Gasteiger charge is 2.43. The van der Waals surface area contributed by atoms with Crippen molar-refractivity contribution in [3.05, 3.63) is 47.2 Å². The van der Waals surface area contributed by atoms with Crippen LogP contribution in [0.25, 0.3) is 0 Å². The number of hydrogen-bond donors (Lipinski definition) is 1. The first kappa shape index (κ1) is 15.5. The molecule has 22 heavy (non-hydrogen) atoms. The van der Waals surface area contributed by atoms with Crippen LogP contribution in [0, 0.1) is 0 Å². The maximum absolute atomic E-state index is 11.2. The number of nitrogens with zero attached hydrogens (tertiary/aromatic N) is 1. The van der Waals surface area contributed by atoms with Gasteiger partial charge in [0.25, 0.3) is 0 Å². The van der Waals surface area contributed by atoms with Gasteiger partial charge in [-0.15, -0.1) is 0 Å². The Morgan fingerprint density at radius 3 is 2.32 bits per heavy atom. The maximum Gasteiger partial charge on any atom is 0.195 e. The quantitative estimate of drug-likeness (QED) is 0.928. The smallest absolute Gasteiger partial charge is 0.195 e. The summed E-state index contributed by atoms with van der Waals surface area (Å²) in [5.41, 5.74) is 2.06. The second kappa shape index (κ2) is 5.69. The Hall–Kier alpha value is -1.36. The van der Waals surface area contributed by atoms with Gasteiger partial charge in [-0.2, -0.15) is 0 Å². The number of rotatable bonds is 4. The van der Waals surface area contributed by atoms with Crippen molar-refractivity contribution in [2.45, 2.75) is 37.6 Å². The van der Waals surface area contributed by atoms with Gasteiger partial charge in [0.1, 0.15) is 5.60 Å². The molecule has 4 heteroatoms. The third-order valence-electron chi connectivity index (χ3n) is 4.77. The molecule has 3 rings (SSSR count). The molecular weight excluding hydrogens is 278 g/mol. The lowest BCUT2D eigenvalue weighted by Crippen LogP contribution is -2.32. The van der Waals surface area contributed by atoms with E-state index in [4.69, 9.17) is 9.47 Å². The van der Waals surface area contributed by atoms with Crippen LogP contribution in [0.4, 0.5) is 0 Å². The monoisotopic (exact) mass is 303 g/mol. The molecule has 1 aromatic carbocycles. The van der Waals surface area contributed by atoms with Gasteiger partial charge in [-0.25, -0.2) is 0 Å². The summed E-state index contributed by atoms with van der Waals surface area (Å²) in [6.07, 6.45) is 4.27. The van der Waals surface area contributed by atoms with Crippen LogP contribution in [0.15, 0.2) is 36.0 Å². The first-order valence-corrected chi connectivity index (χ1v) is 8.00. The van der Waals surface area contributed by atoms with E-state index < -0.39 is 11.4 Å². The SMILES string of the molecule is CCC1(c2ccccc2C2(O)C=C(N(C)C)CC2)OCCO1. The van der Waals surface area contributed by atoms with Crippen molar-refractivity contribution in [2.75, 3.05) is 27.3 Å². The number of hydrogen-bond acceptors (Lipinski definition) is 4. The summed E-state index contributed by atoms with van der Waals surface area (Å²) in [5.74, 6) is -0.721. The molecule has 1 aliphatic heterocycles. The van der Waals surface area contributed by atoms with Crippen molar-refractivity contribution in [1.29, 1.82) is 0 Å². The highest BCUT2D eigenvalue weighted by atomic mass is 16.7. The van der Waals surface area contributed by atoms with Crippen LogP contribution in [0.2, 0.25) is 0 Å². The van der Waals surface area contributed by atoms with E-state index in [0.29, 0.717) is 19.6 Å². The number of allylic oxidation sites excluding steroid dienone is 1. The molecule has 0 aromatic heterocycles. The van der Waals surface area contributed by atoms with Crippen molar-refractivity contribution in [1.82, 2.24) is 4.90 Å². The molecule has 1 fully saturated rings. The summed E-state index contributed by atoms with van der Waals surface area (Å²) in [7, 11) is 4.03. The second-order valence-corrected chi connectivity index (χ2v) is 6.30. The molecular formula is C18H25NO3. The van der Waals surface area contributed by atoms with E-state index in [1.165, 1.54) is 0 Å². The zero-order valence-electron chi connectivity index (χ0n) is 13.6. The highest BCUT2D eigenvalue weighted by molar-refractivity contribution is 5.41. The van der Waals surface area contributed by atoms with Crippen molar-refractivity contribution >= 4 is 0 Å². The van der Waals surface area contributed by atoms with E-state index in [9.17, 15) is 5.11 Å². The standard InChI is InChI=1S/C18H25NO3/c1-4-18(21-11-12-22-18)16-8-6-5-7-15(16)17(20)10-9-14(13-17)19(2)3/h5-8,13,20H,4,9-12H2,1-3H3. The minimum absolute atomic E-state index is 0.597. The van der Waals surface area contributed by atoms with Crippen LogP contribution >= 0.6 is 0 Å². The molecule has 1 unspecified atom stereocenters. The van der Waals surface area contributed by atoms with Gasteiger partial charge in [-0.05, 0) is 24.5 Å². The molecule has 1 aliphatic carbocycles. The van der Waals surface area contributed by atoms with Gasteiger partial charge in [0, 0.05) is 31.8 Å². The topological polar surface area (TPSA) is 41.9 Å². The van der Waals surface area contributed by atoms with Crippen LogP contribution in [0.3, 0.4) is 0 Å².